The minimum atomic E-state index is -0.0649. The number of amides is 2. The Labute approximate surface area is 116 Å². The van der Waals surface area contributed by atoms with Gasteiger partial charge in [0.25, 0.3) is 0 Å². The van der Waals surface area contributed by atoms with Crippen LogP contribution in [0.3, 0.4) is 0 Å². The van der Waals surface area contributed by atoms with E-state index in [0.29, 0.717) is 13.0 Å². The Morgan fingerprint density at radius 1 is 1.00 bits per heavy atom. The minimum absolute atomic E-state index is 0.0649. The first-order valence-corrected chi connectivity index (χ1v) is 7.21. The van der Waals surface area contributed by atoms with E-state index in [0.717, 1.165) is 32.2 Å². The van der Waals surface area contributed by atoms with Gasteiger partial charge in [-0.1, -0.05) is 6.92 Å². The fraction of sp³-hybridized carbons (Fsp3) is 0.857. The van der Waals surface area contributed by atoms with Gasteiger partial charge in [-0.25, -0.2) is 0 Å². The number of nitrogens with one attached hydrogen (secondary N) is 2. The van der Waals surface area contributed by atoms with E-state index in [-0.39, 0.29) is 24.5 Å². The molecule has 0 aliphatic carbocycles. The summed E-state index contributed by atoms with van der Waals surface area (Å²) >= 11 is 0. The zero-order valence-corrected chi connectivity index (χ0v) is 12.5. The maximum absolute atomic E-state index is 11.3. The molecule has 0 rings (SSSR count). The van der Waals surface area contributed by atoms with E-state index in [1.807, 2.05) is 20.8 Å². The highest BCUT2D eigenvalue weighted by molar-refractivity contribution is 5.77. The Hall–Kier alpha value is -1.10. The van der Waals surface area contributed by atoms with Gasteiger partial charge in [-0.15, -0.1) is 0 Å². The summed E-state index contributed by atoms with van der Waals surface area (Å²) in [7, 11) is 0. The lowest BCUT2D eigenvalue weighted by Crippen LogP contribution is -2.29. The molecule has 112 valence electrons. The van der Waals surface area contributed by atoms with Gasteiger partial charge >= 0.3 is 0 Å². The lowest BCUT2D eigenvalue weighted by molar-refractivity contribution is -0.127. The summed E-state index contributed by atoms with van der Waals surface area (Å²) in [5, 5.41) is 5.68. The van der Waals surface area contributed by atoms with E-state index in [1.165, 1.54) is 0 Å². The average molecular weight is 272 g/mol. The Morgan fingerprint density at radius 3 is 2.11 bits per heavy atom. The molecule has 5 nitrogen and oxygen atoms in total. The fourth-order valence-electron chi connectivity index (χ4n) is 1.49. The van der Waals surface area contributed by atoms with Crippen LogP contribution in [0.1, 0.15) is 52.9 Å². The summed E-state index contributed by atoms with van der Waals surface area (Å²) in [6.45, 7) is 7.32. The standard InChI is InChI=1S/C14H28N2O3/c1-4-8-13(17)15-9-6-5-7-10-16-14(18)11-19-12(2)3/h12H,4-11H2,1-3H3,(H,15,17)(H,16,18). The van der Waals surface area contributed by atoms with Crippen LogP contribution in [-0.2, 0) is 14.3 Å². The van der Waals surface area contributed by atoms with Crippen molar-refractivity contribution in [3.8, 4) is 0 Å². The largest absolute Gasteiger partial charge is 0.369 e. The van der Waals surface area contributed by atoms with Gasteiger partial charge in [-0.05, 0) is 39.5 Å². The van der Waals surface area contributed by atoms with Crippen LogP contribution in [-0.4, -0.2) is 37.6 Å². The van der Waals surface area contributed by atoms with Gasteiger partial charge in [0.15, 0.2) is 0 Å². The molecule has 0 saturated carbocycles. The maximum atomic E-state index is 11.3. The second-order valence-electron chi connectivity index (χ2n) is 4.87. The van der Waals surface area contributed by atoms with Gasteiger partial charge in [0.2, 0.25) is 11.8 Å². The Bertz CT molecular complexity index is 255. The van der Waals surface area contributed by atoms with Crippen molar-refractivity contribution in [3.63, 3.8) is 0 Å². The van der Waals surface area contributed by atoms with Crippen molar-refractivity contribution in [1.82, 2.24) is 10.6 Å². The normalized spacial score (nSPS) is 10.5. The molecule has 0 heterocycles. The van der Waals surface area contributed by atoms with E-state index in [1.54, 1.807) is 0 Å². The summed E-state index contributed by atoms with van der Waals surface area (Å²) in [4.78, 5) is 22.5. The number of carbonyl (C=O) groups excluding carboxylic acids is 2. The lowest BCUT2D eigenvalue weighted by Gasteiger charge is -2.08. The second kappa shape index (κ2) is 12.0. The highest BCUT2D eigenvalue weighted by atomic mass is 16.5. The van der Waals surface area contributed by atoms with E-state index in [9.17, 15) is 9.59 Å². The van der Waals surface area contributed by atoms with Crippen LogP contribution in [0.4, 0.5) is 0 Å². The molecule has 0 aromatic carbocycles. The van der Waals surface area contributed by atoms with Crippen molar-refractivity contribution >= 4 is 11.8 Å². The molecule has 2 N–H and O–H groups in total. The number of hydrogen-bond acceptors (Lipinski definition) is 3. The van der Waals surface area contributed by atoms with Crippen LogP contribution in [0.2, 0.25) is 0 Å². The third kappa shape index (κ3) is 13.1. The van der Waals surface area contributed by atoms with Gasteiger partial charge in [-0.2, -0.15) is 0 Å². The summed E-state index contributed by atoms with van der Waals surface area (Å²) < 4.78 is 5.19. The fourth-order valence-corrected chi connectivity index (χ4v) is 1.49. The zero-order chi connectivity index (χ0) is 14.5. The molecule has 0 spiro atoms. The van der Waals surface area contributed by atoms with E-state index >= 15 is 0 Å². The monoisotopic (exact) mass is 272 g/mol. The van der Waals surface area contributed by atoms with E-state index < -0.39 is 0 Å². The number of carbonyl (C=O) groups is 2. The zero-order valence-electron chi connectivity index (χ0n) is 12.5. The molecule has 2 amide bonds. The quantitative estimate of drug-likeness (QED) is 0.562. The first-order valence-electron chi connectivity index (χ1n) is 7.21. The Kier molecular flexibility index (Phi) is 11.3. The van der Waals surface area contributed by atoms with Crippen LogP contribution >= 0.6 is 0 Å². The average Bonchev–Trinajstić information content (AvgIpc) is 2.35. The van der Waals surface area contributed by atoms with Crippen molar-refractivity contribution in [3.05, 3.63) is 0 Å². The summed E-state index contributed by atoms with van der Waals surface area (Å²) in [6.07, 6.45) is 4.45. The van der Waals surface area contributed by atoms with Gasteiger partial charge in [0, 0.05) is 19.5 Å². The van der Waals surface area contributed by atoms with Crippen molar-refractivity contribution in [2.45, 2.75) is 59.0 Å². The highest BCUT2D eigenvalue weighted by Gasteiger charge is 2.02. The van der Waals surface area contributed by atoms with Crippen LogP contribution in [0.5, 0.6) is 0 Å². The first kappa shape index (κ1) is 17.9. The third-order valence-electron chi connectivity index (χ3n) is 2.52. The molecule has 0 saturated heterocycles. The van der Waals surface area contributed by atoms with Crippen LogP contribution < -0.4 is 10.6 Å². The molecule has 0 radical (unpaired) electrons. The van der Waals surface area contributed by atoms with Crippen molar-refractivity contribution in [1.29, 1.82) is 0 Å². The summed E-state index contributed by atoms with van der Waals surface area (Å²) in [6, 6.07) is 0. The second-order valence-corrected chi connectivity index (χ2v) is 4.87. The SMILES string of the molecule is CCCC(=O)NCCCCCNC(=O)COC(C)C. The number of ether oxygens (including phenoxy) is 1. The predicted octanol–water partition coefficient (Wildman–Crippen LogP) is 1.61. The number of hydrogen-bond donors (Lipinski definition) is 2. The molecule has 0 aliphatic rings. The minimum Gasteiger partial charge on any atom is -0.369 e. The molecule has 5 heteroatoms. The molecule has 19 heavy (non-hydrogen) atoms. The van der Waals surface area contributed by atoms with E-state index in [4.69, 9.17) is 4.74 Å². The van der Waals surface area contributed by atoms with E-state index in [2.05, 4.69) is 10.6 Å². The molecule has 0 atom stereocenters. The van der Waals surface area contributed by atoms with Gasteiger partial charge < -0.3 is 15.4 Å². The molecular weight excluding hydrogens is 244 g/mol. The third-order valence-corrected chi connectivity index (χ3v) is 2.52. The topological polar surface area (TPSA) is 67.4 Å². The lowest BCUT2D eigenvalue weighted by atomic mass is 10.2. The molecule has 0 aromatic rings. The molecule has 0 fully saturated rings. The number of unbranched alkanes of at least 4 members (excludes halogenated alkanes) is 2. The van der Waals surface area contributed by atoms with Crippen molar-refractivity contribution in [2.24, 2.45) is 0 Å². The molecular formula is C14H28N2O3. The maximum Gasteiger partial charge on any atom is 0.246 e. The van der Waals surface area contributed by atoms with Gasteiger partial charge in [-0.3, -0.25) is 9.59 Å². The van der Waals surface area contributed by atoms with Crippen molar-refractivity contribution in [2.75, 3.05) is 19.7 Å². The Morgan fingerprint density at radius 2 is 1.58 bits per heavy atom. The van der Waals surface area contributed by atoms with Crippen LogP contribution in [0, 0.1) is 0 Å². The van der Waals surface area contributed by atoms with Crippen molar-refractivity contribution < 1.29 is 14.3 Å². The molecule has 0 aliphatic heterocycles. The van der Waals surface area contributed by atoms with Gasteiger partial charge in [0.05, 0.1) is 6.10 Å². The molecule has 0 aromatic heterocycles. The number of rotatable bonds is 11. The predicted molar refractivity (Wildman–Crippen MR) is 75.9 cm³/mol. The smallest absolute Gasteiger partial charge is 0.246 e. The van der Waals surface area contributed by atoms with Crippen LogP contribution in [0.25, 0.3) is 0 Å². The highest BCUT2D eigenvalue weighted by Crippen LogP contribution is 1.94. The molecule has 0 bridgehead atoms. The Balaban J connectivity index is 3.26. The first-order chi connectivity index (χ1) is 9.06. The molecule has 0 unspecified atom stereocenters. The van der Waals surface area contributed by atoms with Crippen LogP contribution in [0.15, 0.2) is 0 Å². The summed E-state index contributed by atoms with van der Waals surface area (Å²) in [5.74, 6) is 0.0617. The van der Waals surface area contributed by atoms with Gasteiger partial charge in [0.1, 0.15) is 6.61 Å². The summed E-state index contributed by atoms with van der Waals surface area (Å²) in [5.41, 5.74) is 0.